The van der Waals surface area contributed by atoms with Gasteiger partial charge in [0.2, 0.25) is 5.91 Å². The third-order valence-corrected chi connectivity index (χ3v) is 4.92. The zero-order valence-corrected chi connectivity index (χ0v) is 20.4. The van der Waals surface area contributed by atoms with E-state index in [4.69, 9.17) is 11.6 Å². The third kappa shape index (κ3) is 7.70. The average molecular weight is 556 g/mol. The lowest BCUT2D eigenvalue weighted by Gasteiger charge is -2.26. The smallest absolute Gasteiger partial charge is 0.254 e. The maximum absolute atomic E-state index is 12.5. The van der Waals surface area contributed by atoms with Crippen LogP contribution in [-0.4, -0.2) is 48.9 Å². The van der Waals surface area contributed by atoms with Crippen LogP contribution >= 0.6 is 35.6 Å². The van der Waals surface area contributed by atoms with E-state index in [1.54, 1.807) is 17.0 Å². The van der Waals surface area contributed by atoms with Crippen molar-refractivity contribution in [1.82, 2.24) is 20.9 Å². The molecule has 0 atom stereocenters. The second kappa shape index (κ2) is 12.5. The van der Waals surface area contributed by atoms with Gasteiger partial charge < -0.3 is 20.9 Å². The monoisotopic (exact) mass is 555 g/mol. The number of aliphatic imine (C=N–C) groups is 1. The number of hydrogen-bond donors (Lipinski definition) is 3. The quantitative estimate of drug-likeness (QED) is 0.291. The van der Waals surface area contributed by atoms with Gasteiger partial charge in [-0.15, -0.1) is 24.0 Å². The molecule has 1 aliphatic rings. The van der Waals surface area contributed by atoms with Gasteiger partial charge in [0, 0.05) is 36.8 Å². The van der Waals surface area contributed by atoms with Crippen LogP contribution in [0.1, 0.15) is 28.4 Å². The molecule has 2 aromatic carbocycles. The Bertz CT molecular complexity index is 903. The van der Waals surface area contributed by atoms with Crippen LogP contribution in [0.2, 0.25) is 5.02 Å². The lowest BCUT2D eigenvalue weighted by Crippen LogP contribution is -2.49. The van der Waals surface area contributed by atoms with Crippen LogP contribution in [0.4, 0.5) is 0 Å². The number of guanidine groups is 1. The standard InChI is InChI=1S/C22H26ClN5O2.HI/c1-2-24-22(27-14-17-5-9-19(23)10-6-17)26-13-16-3-7-18(8-4-16)21(30)28-12-11-25-20(29)15-28;/h3-10H,2,11-15H2,1H3,(H,25,29)(H2,24,26,27);1H. The molecule has 2 aromatic rings. The number of rotatable bonds is 6. The molecular weight excluding hydrogens is 529 g/mol. The van der Waals surface area contributed by atoms with Gasteiger partial charge in [0.1, 0.15) is 0 Å². The van der Waals surface area contributed by atoms with Gasteiger partial charge in [-0.3, -0.25) is 9.59 Å². The molecule has 3 N–H and O–H groups in total. The van der Waals surface area contributed by atoms with Crippen LogP contribution < -0.4 is 16.0 Å². The molecule has 7 nitrogen and oxygen atoms in total. The summed E-state index contributed by atoms with van der Waals surface area (Å²) in [7, 11) is 0. The fourth-order valence-corrected chi connectivity index (χ4v) is 3.17. The van der Waals surface area contributed by atoms with E-state index in [0.717, 1.165) is 17.7 Å². The van der Waals surface area contributed by atoms with Gasteiger partial charge in [-0.25, -0.2) is 4.99 Å². The molecule has 0 aliphatic carbocycles. The van der Waals surface area contributed by atoms with E-state index in [0.29, 0.717) is 42.7 Å². The van der Waals surface area contributed by atoms with Gasteiger partial charge in [-0.1, -0.05) is 35.9 Å². The highest BCUT2D eigenvalue weighted by molar-refractivity contribution is 14.0. The predicted molar refractivity (Wildman–Crippen MR) is 134 cm³/mol. The fourth-order valence-electron chi connectivity index (χ4n) is 3.05. The second-order valence-electron chi connectivity index (χ2n) is 6.95. The summed E-state index contributed by atoms with van der Waals surface area (Å²) in [6.07, 6.45) is 0. The molecule has 166 valence electrons. The van der Waals surface area contributed by atoms with Crippen molar-refractivity contribution in [2.45, 2.75) is 20.0 Å². The first kappa shape index (κ1) is 24.9. The van der Waals surface area contributed by atoms with Gasteiger partial charge in [0.25, 0.3) is 5.91 Å². The Morgan fingerprint density at radius 2 is 1.77 bits per heavy atom. The summed E-state index contributed by atoms with van der Waals surface area (Å²) in [6.45, 7) is 5.02. The number of benzene rings is 2. The molecule has 2 amide bonds. The highest BCUT2D eigenvalue weighted by Crippen LogP contribution is 2.11. The lowest BCUT2D eigenvalue weighted by atomic mass is 10.1. The summed E-state index contributed by atoms with van der Waals surface area (Å²) in [5, 5.41) is 9.96. The van der Waals surface area contributed by atoms with E-state index < -0.39 is 0 Å². The van der Waals surface area contributed by atoms with Crippen LogP contribution in [-0.2, 0) is 17.9 Å². The predicted octanol–water partition coefficient (Wildman–Crippen LogP) is 2.79. The van der Waals surface area contributed by atoms with Crippen molar-refractivity contribution in [3.8, 4) is 0 Å². The number of nitrogens with one attached hydrogen (secondary N) is 3. The maximum Gasteiger partial charge on any atom is 0.254 e. The number of amides is 2. The normalized spacial score (nSPS) is 13.8. The maximum atomic E-state index is 12.5. The molecule has 9 heteroatoms. The number of nitrogens with zero attached hydrogens (tertiary/aromatic N) is 2. The van der Waals surface area contributed by atoms with Crippen LogP contribution in [0.5, 0.6) is 0 Å². The zero-order chi connectivity index (χ0) is 21.3. The Morgan fingerprint density at radius 3 is 2.42 bits per heavy atom. The number of carbonyl (C=O) groups excluding carboxylic acids is 2. The van der Waals surface area contributed by atoms with Gasteiger partial charge in [-0.2, -0.15) is 0 Å². The summed E-state index contributed by atoms with van der Waals surface area (Å²) in [6, 6.07) is 15.0. The fraction of sp³-hybridized carbons (Fsp3) is 0.318. The zero-order valence-electron chi connectivity index (χ0n) is 17.4. The van der Waals surface area contributed by atoms with Crippen LogP contribution in [0.25, 0.3) is 0 Å². The molecule has 1 heterocycles. The topological polar surface area (TPSA) is 85.8 Å². The molecule has 31 heavy (non-hydrogen) atoms. The Morgan fingerprint density at radius 1 is 1.10 bits per heavy atom. The summed E-state index contributed by atoms with van der Waals surface area (Å²) in [5.74, 6) is 0.465. The van der Waals surface area contributed by atoms with Gasteiger partial charge >= 0.3 is 0 Å². The minimum Gasteiger partial charge on any atom is -0.357 e. The Kier molecular flexibility index (Phi) is 10.1. The molecule has 3 rings (SSSR count). The van der Waals surface area contributed by atoms with E-state index in [9.17, 15) is 9.59 Å². The first-order chi connectivity index (χ1) is 14.5. The number of hydrogen-bond acceptors (Lipinski definition) is 3. The second-order valence-corrected chi connectivity index (χ2v) is 7.39. The largest absolute Gasteiger partial charge is 0.357 e. The molecule has 0 unspecified atom stereocenters. The third-order valence-electron chi connectivity index (χ3n) is 4.66. The SMILES string of the molecule is CCNC(=NCc1ccc(C(=O)N2CCNC(=O)C2)cc1)NCc1ccc(Cl)cc1.I. The van der Waals surface area contributed by atoms with Crippen LogP contribution in [0.3, 0.4) is 0 Å². The summed E-state index contributed by atoms with van der Waals surface area (Å²) < 4.78 is 0. The van der Waals surface area contributed by atoms with Crippen molar-refractivity contribution in [2.24, 2.45) is 4.99 Å². The molecule has 0 bridgehead atoms. The van der Waals surface area contributed by atoms with E-state index in [1.807, 2.05) is 43.3 Å². The van der Waals surface area contributed by atoms with Crippen molar-refractivity contribution in [1.29, 1.82) is 0 Å². The Hall–Kier alpha value is -2.33. The summed E-state index contributed by atoms with van der Waals surface area (Å²) >= 11 is 5.92. The van der Waals surface area contributed by atoms with Crippen molar-refractivity contribution in [2.75, 3.05) is 26.2 Å². The molecule has 1 saturated heterocycles. The molecular formula is C22H27ClIN5O2. The van der Waals surface area contributed by atoms with Crippen molar-refractivity contribution < 1.29 is 9.59 Å². The molecule has 0 spiro atoms. The Labute approximate surface area is 204 Å². The summed E-state index contributed by atoms with van der Waals surface area (Å²) in [4.78, 5) is 30.2. The van der Waals surface area contributed by atoms with Crippen molar-refractivity contribution in [3.05, 3.63) is 70.2 Å². The molecule has 0 aromatic heterocycles. The van der Waals surface area contributed by atoms with Gasteiger partial charge in [0.15, 0.2) is 5.96 Å². The van der Waals surface area contributed by atoms with E-state index in [-0.39, 0.29) is 42.3 Å². The Balaban J connectivity index is 0.00000341. The van der Waals surface area contributed by atoms with Crippen LogP contribution in [0, 0.1) is 0 Å². The highest BCUT2D eigenvalue weighted by Gasteiger charge is 2.22. The number of carbonyl (C=O) groups is 2. The van der Waals surface area contributed by atoms with E-state index in [2.05, 4.69) is 20.9 Å². The molecule has 1 aliphatic heterocycles. The first-order valence-electron chi connectivity index (χ1n) is 9.96. The van der Waals surface area contributed by atoms with Gasteiger partial charge in [0.05, 0.1) is 13.1 Å². The summed E-state index contributed by atoms with van der Waals surface area (Å²) in [5.41, 5.74) is 2.68. The average Bonchev–Trinajstić information content (AvgIpc) is 2.76. The van der Waals surface area contributed by atoms with E-state index in [1.165, 1.54) is 0 Å². The van der Waals surface area contributed by atoms with Crippen molar-refractivity contribution >= 4 is 53.4 Å². The van der Waals surface area contributed by atoms with Crippen LogP contribution in [0.15, 0.2) is 53.5 Å². The van der Waals surface area contributed by atoms with Crippen molar-refractivity contribution in [3.63, 3.8) is 0 Å². The number of halogens is 2. The van der Waals surface area contributed by atoms with Gasteiger partial charge in [-0.05, 0) is 42.3 Å². The number of piperazine rings is 1. The van der Waals surface area contributed by atoms with E-state index >= 15 is 0 Å². The molecule has 0 radical (unpaired) electrons. The lowest BCUT2D eigenvalue weighted by molar-refractivity contribution is -0.123. The molecule has 0 saturated carbocycles. The minimum absolute atomic E-state index is 0. The molecule has 1 fully saturated rings. The minimum atomic E-state index is -0.127. The highest BCUT2D eigenvalue weighted by atomic mass is 127. The first-order valence-corrected chi connectivity index (χ1v) is 10.3.